The van der Waals surface area contributed by atoms with Gasteiger partial charge >= 0.3 is 0 Å². The molecule has 0 aliphatic heterocycles. The van der Waals surface area contributed by atoms with Crippen LogP contribution in [-0.4, -0.2) is 14.5 Å². The number of nitrogens with zero attached hydrogens (tertiary/aromatic N) is 3. The first-order valence-electron chi connectivity index (χ1n) is 6.72. The Labute approximate surface area is 120 Å². The van der Waals surface area contributed by atoms with E-state index in [1.165, 1.54) is 23.0 Å². The zero-order valence-corrected chi connectivity index (χ0v) is 11.5. The highest BCUT2D eigenvalue weighted by atomic mass is 19.1. The minimum Gasteiger partial charge on any atom is -0.295 e. The molecule has 1 atom stereocenters. The maximum absolute atomic E-state index is 13.6. The van der Waals surface area contributed by atoms with Gasteiger partial charge in [-0.25, -0.2) is 9.37 Å². The van der Waals surface area contributed by atoms with Crippen LogP contribution in [0.2, 0.25) is 0 Å². The van der Waals surface area contributed by atoms with Crippen LogP contribution in [0.25, 0.3) is 10.9 Å². The van der Waals surface area contributed by atoms with Crippen molar-refractivity contribution in [3.8, 4) is 0 Å². The van der Waals surface area contributed by atoms with Gasteiger partial charge < -0.3 is 0 Å². The minimum atomic E-state index is -0.478. The molecule has 106 valence electrons. The van der Waals surface area contributed by atoms with Crippen LogP contribution in [0, 0.1) is 5.82 Å². The summed E-state index contributed by atoms with van der Waals surface area (Å²) in [4.78, 5) is 20.8. The van der Waals surface area contributed by atoms with Gasteiger partial charge in [-0.15, -0.1) is 0 Å². The molecule has 1 aromatic carbocycles. The van der Waals surface area contributed by atoms with Crippen LogP contribution in [0.5, 0.6) is 0 Å². The Hall–Kier alpha value is -2.56. The molecule has 0 spiro atoms. The highest BCUT2D eigenvalue weighted by Crippen LogP contribution is 2.14. The Bertz CT molecular complexity index is 830. The second-order valence-electron chi connectivity index (χ2n) is 4.97. The number of hydrogen-bond donors (Lipinski definition) is 0. The van der Waals surface area contributed by atoms with Gasteiger partial charge in [0.1, 0.15) is 11.3 Å². The zero-order valence-electron chi connectivity index (χ0n) is 11.5. The Balaban J connectivity index is 2.01. The molecule has 0 unspecified atom stereocenters. The van der Waals surface area contributed by atoms with E-state index in [1.54, 1.807) is 12.3 Å². The van der Waals surface area contributed by atoms with Gasteiger partial charge in [0.05, 0.1) is 11.7 Å². The third-order valence-corrected chi connectivity index (χ3v) is 3.47. The monoisotopic (exact) mass is 283 g/mol. The fourth-order valence-corrected chi connectivity index (χ4v) is 2.36. The Morgan fingerprint density at radius 3 is 2.81 bits per heavy atom. The predicted octanol–water partition coefficient (Wildman–Crippen LogP) is 2.73. The molecule has 4 nitrogen and oxygen atoms in total. The fourth-order valence-electron chi connectivity index (χ4n) is 2.36. The van der Waals surface area contributed by atoms with Crippen molar-refractivity contribution in [1.29, 1.82) is 0 Å². The summed E-state index contributed by atoms with van der Waals surface area (Å²) in [5, 5.41) is 0.297. The van der Waals surface area contributed by atoms with Gasteiger partial charge in [-0.2, -0.15) is 0 Å². The van der Waals surface area contributed by atoms with E-state index in [4.69, 9.17) is 0 Å². The zero-order chi connectivity index (χ0) is 14.8. The standard InChI is InChI=1S/C16H14FN3O/c1-11(9-12-5-2-3-8-18-12)20-10-19-15-13(16(20)21)6-4-7-14(15)17/h2-8,10-11H,9H2,1H3/t11-/m0/s1. The topological polar surface area (TPSA) is 47.8 Å². The smallest absolute Gasteiger partial charge is 0.261 e. The van der Waals surface area contributed by atoms with Gasteiger partial charge in [-0.1, -0.05) is 12.1 Å². The summed E-state index contributed by atoms with van der Waals surface area (Å²) >= 11 is 0. The van der Waals surface area contributed by atoms with Gasteiger partial charge in [-0.05, 0) is 31.2 Å². The Morgan fingerprint density at radius 2 is 2.05 bits per heavy atom. The van der Waals surface area contributed by atoms with Crippen molar-refractivity contribution in [3.63, 3.8) is 0 Å². The Kier molecular flexibility index (Phi) is 3.48. The van der Waals surface area contributed by atoms with Crippen LogP contribution in [0.4, 0.5) is 4.39 Å². The van der Waals surface area contributed by atoms with Crippen LogP contribution in [0.15, 0.2) is 53.7 Å². The van der Waals surface area contributed by atoms with E-state index in [1.807, 2.05) is 25.1 Å². The third kappa shape index (κ3) is 2.54. The number of pyridine rings is 1. The lowest BCUT2D eigenvalue weighted by Crippen LogP contribution is -2.25. The molecule has 21 heavy (non-hydrogen) atoms. The molecule has 3 aromatic rings. The van der Waals surface area contributed by atoms with Crippen molar-refractivity contribution in [1.82, 2.24) is 14.5 Å². The molecule has 2 heterocycles. The van der Waals surface area contributed by atoms with Crippen molar-refractivity contribution in [3.05, 3.63) is 70.8 Å². The molecule has 3 rings (SSSR count). The molecular weight excluding hydrogens is 269 g/mol. The highest BCUT2D eigenvalue weighted by molar-refractivity contribution is 5.77. The largest absolute Gasteiger partial charge is 0.295 e. The summed E-state index contributed by atoms with van der Waals surface area (Å²) in [5.74, 6) is -0.478. The molecule has 0 saturated carbocycles. The summed E-state index contributed by atoms with van der Waals surface area (Å²) in [7, 11) is 0. The maximum atomic E-state index is 13.6. The lowest BCUT2D eigenvalue weighted by Gasteiger charge is -2.14. The second kappa shape index (κ2) is 5.44. The molecule has 0 amide bonds. The summed E-state index contributed by atoms with van der Waals surface area (Å²) in [6.07, 6.45) is 3.74. The first kappa shape index (κ1) is 13.4. The van der Waals surface area contributed by atoms with Crippen molar-refractivity contribution in [2.24, 2.45) is 0 Å². The molecule has 5 heteroatoms. The van der Waals surface area contributed by atoms with Crippen molar-refractivity contribution < 1.29 is 4.39 Å². The van der Waals surface area contributed by atoms with E-state index in [-0.39, 0.29) is 17.1 Å². The third-order valence-electron chi connectivity index (χ3n) is 3.47. The number of aromatic nitrogens is 3. The number of para-hydroxylation sites is 1. The minimum absolute atomic E-state index is 0.104. The quantitative estimate of drug-likeness (QED) is 0.742. The van der Waals surface area contributed by atoms with Crippen LogP contribution in [-0.2, 0) is 6.42 Å². The molecule has 0 bridgehead atoms. The number of halogens is 1. The van der Waals surface area contributed by atoms with Gasteiger partial charge in [0.25, 0.3) is 5.56 Å². The SMILES string of the molecule is C[C@@H](Cc1ccccn1)n1cnc2c(F)cccc2c1=O. The Morgan fingerprint density at radius 1 is 1.19 bits per heavy atom. The van der Waals surface area contributed by atoms with Gasteiger partial charge in [0.2, 0.25) is 0 Å². The van der Waals surface area contributed by atoms with E-state index in [0.717, 1.165) is 5.69 Å². The molecule has 2 aromatic heterocycles. The second-order valence-corrected chi connectivity index (χ2v) is 4.97. The normalized spacial score (nSPS) is 12.5. The molecular formula is C16H14FN3O. The number of hydrogen-bond acceptors (Lipinski definition) is 3. The van der Waals surface area contributed by atoms with Crippen molar-refractivity contribution in [2.75, 3.05) is 0 Å². The summed E-state index contributed by atoms with van der Waals surface area (Å²) in [5.41, 5.74) is 0.781. The molecule has 0 aliphatic carbocycles. The molecule has 0 fully saturated rings. The van der Waals surface area contributed by atoms with E-state index < -0.39 is 5.82 Å². The lowest BCUT2D eigenvalue weighted by molar-refractivity contribution is 0.516. The predicted molar refractivity (Wildman–Crippen MR) is 78.6 cm³/mol. The molecule has 0 aliphatic rings. The maximum Gasteiger partial charge on any atom is 0.261 e. The first-order chi connectivity index (χ1) is 10.2. The van der Waals surface area contributed by atoms with Crippen molar-refractivity contribution >= 4 is 10.9 Å². The summed E-state index contributed by atoms with van der Waals surface area (Å²) in [6, 6.07) is 9.98. The number of rotatable bonds is 3. The highest BCUT2D eigenvalue weighted by Gasteiger charge is 2.12. The lowest BCUT2D eigenvalue weighted by atomic mass is 10.1. The average molecular weight is 283 g/mol. The van der Waals surface area contributed by atoms with E-state index in [0.29, 0.717) is 11.8 Å². The van der Waals surface area contributed by atoms with Crippen LogP contribution in [0.3, 0.4) is 0 Å². The van der Waals surface area contributed by atoms with Gasteiger partial charge in [-0.3, -0.25) is 14.3 Å². The summed E-state index contributed by atoms with van der Waals surface area (Å²) in [6.45, 7) is 1.92. The van der Waals surface area contributed by atoms with Crippen LogP contribution in [0.1, 0.15) is 18.7 Å². The molecule has 0 N–H and O–H groups in total. The molecule has 0 saturated heterocycles. The average Bonchev–Trinajstić information content (AvgIpc) is 2.49. The number of fused-ring (bicyclic) bond motifs is 1. The first-order valence-corrected chi connectivity index (χ1v) is 6.72. The van der Waals surface area contributed by atoms with Gasteiger partial charge in [0.15, 0.2) is 0 Å². The summed E-state index contributed by atoms with van der Waals surface area (Å²) < 4.78 is 15.1. The molecule has 0 radical (unpaired) electrons. The van der Waals surface area contributed by atoms with E-state index in [9.17, 15) is 9.18 Å². The van der Waals surface area contributed by atoms with Crippen LogP contribution >= 0.6 is 0 Å². The van der Waals surface area contributed by atoms with Gasteiger partial charge in [0, 0.05) is 24.4 Å². The van der Waals surface area contributed by atoms with E-state index in [2.05, 4.69) is 9.97 Å². The number of benzene rings is 1. The van der Waals surface area contributed by atoms with Crippen LogP contribution < -0.4 is 5.56 Å². The fraction of sp³-hybridized carbons (Fsp3) is 0.188. The van der Waals surface area contributed by atoms with Crippen molar-refractivity contribution in [2.45, 2.75) is 19.4 Å². The van der Waals surface area contributed by atoms with E-state index >= 15 is 0 Å².